The quantitative estimate of drug-likeness (QED) is 0.232. The fourth-order valence-electron chi connectivity index (χ4n) is 1.75. The van der Waals surface area contributed by atoms with Gasteiger partial charge in [0.1, 0.15) is 5.82 Å². The van der Waals surface area contributed by atoms with E-state index in [0.717, 1.165) is 12.1 Å². The Morgan fingerprint density at radius 2 is 2.08 bits per heavy atom. The maximum atomic E-state index is 11.9. The number of amides is 1. The van der Waals surface area contributed by atoms with Gasteiger partial charge in [0.15, 0.2) is 5.96 Å². The second-order valence-electron chi connectivity index (χ2n) is 4.90. The molecule has 0 radical (unpaired) electrons. The van der Waals surface area contributed by atoms with Crippen LogP contribution in [0.2, 0.25) is 0 Å². The standard InChI is InChI=1S/C16H27N5O2.HI/c1-4-17-16(19-10-11-23-5-2)18-9-8-15(22)21-14-7-6-13(3)12-20-14;/h6-7,12H,4-5,8-11H2,1-3H3,(H2,17,18,19)(H,20,21,22);1H. The lowest BCUT2D eigenvalue weighted by molar-refractivity contribution is -0.116. The van der Waals surface area contributed by atoms with Crippen LogP contribution in [0.1, 0.15) is 25.8 Å². The third-order valence-corrected chi connectivity index (χ3v) is 2.88. The molecule has 7 nitrogen and oxygen atoms in total. The van der Waals surface area contributed by atoms with Crippen LogP contribution >= 0.6 is 24.0 Å². The average Bonchev–Trinajstić information content (AvgIpc) is 2.53. The van der Waals surface area contributed by atoms with Gasteiger partial charge < -0.3 is 20.7 Å². The highest BCUT2D eigenvalue weighted by atomic mass is 127. The maximum absolute atomic E-state index is 11.9. The van der Waals surface area contributed by atoms with Crippen molar-refractivity contribution in [2.24, 2.45) is 4.99 Å². The number of aromatic nitrogens is 1. The number of carbonyl (C=O) groups excluding carboxylic acids is 1. The molecule has 1 amide bonds. The van der Waals surface area contributed by atoms with E-state index in [4.69, 9.17) is 4.74 Å². The van der Waals surface area contributed by atoms with Crippen molar-refractivity contribution in [3.8, 4) is 0 Å². The van der Waals surface area contributed by atoms with Gasteiger partial charge in [-0.3, -0.25) is 9.79 Å². The van der Waals surface area contributed by atoms with Crippen molar-refractivity contribution in [2.75, 3.05) is 38.2 Å². The predicted octanol–water partition coefficient (Wildman–Crippen LogP) is 1.93. The van der Waals surface area contributed by atoms with Gasteiger partial charge in [0.2, 0.25) is 5.91 Å². The van der Waals surface area contributed by atoms with Gasteiger partial charge in [0.25, 0.3) is 0 Å². The molecule has 1 aromatic heterocycles. The monoisotopic (exact) mass is 449 g/mol. The molecule has 0 fully saturated rings. The molecule has 1 heterocycles. The lowest BCUT2D eigenvalue weighted by Gasteiger charge is -2.11. The molecule has 1 aromatic rings. The smallest absolute Gasteiger partial charge is 0.227 e. The van der Waals surface area contributed by atoms with Crippen LogP contribution in [0.3, 0.4) is 0 Å². The number of nitrogens with one attached hydrogen (secondary N) is 3. The van der Waals surface area contributed by atoms with Gasteiger partial charge in [0.05, 0.1) is 13.2 Å². The molecule has 3 N–H and O–H groups in total. The summed E-state index contributed by atoms with van der Waals surface area (Å²) in [7, 11) is 0. The van der Waals surface area contributed by atoms with Crippen LogP contribution in [0.5, 0.6) is 0 Å². The molecule has 1 rings (SSSR count). The molecule has 0 aromatic carbocycles. The number of ether oxygens (including phenoxy) is 1. The molecule has 0 aliphatic carbocycles. The zero-order valence-corrected chi connectivity index (χ0v) is 16.9. The third-order valence-electron chi connectivity index (χ3n) is 2.88. The Hall–Kier alpha value is -1.42. The van der Waals surface area contributed by atoms with E-state index in [2.05, 4.69) is 25.9 Å². The fourth-order valence-corrected chi connectivity index (χ4v) is 1.75. The Balaban J connectivity index is 0.00000529. The molecule has 0 saturated heterocycles. The Morgan fingerprint density at radius 3 is 2.71 bits per heavy atom. The Bertz CT molecular complexity index is 494. The van der Waals surface area contributed by atoms with E-state index < -0.39 is 0 Å². The highest BCUT2D eigenvalue weighted by molar-refractivity contribution is 14.0. The molecule has 0 spiro atoms. The highest BCUT2D eigenvalue weighted by Crippen LogP contribution is 2.03. The number of halogens is 1. The summed E-state index contributed by atoms with van der Waals surface area (Å²) in [5.74, 6) is 1.17. The average molecular weight is 449 g/mol. The van der Waals surface area contributed by atoms with Gasteiger partial charge >= 0.3 is 0 Å². The van der Waals surface area contributed by atoms with E-state index >= 15 is 0 Å². The Morgan fingerprint density at radius 1 is 1.29 bits per heavy atom. The van der Waals surface area contributed by atoms with Crippen LogP contribution in [0, 0.1) is 6.92 Å². The first-order chi connectivity index (χ1) is 11.2. The van der Waals surface area contributed by atoms with Crippen molar-refractivity contribution in [2.45, 2.75) is 27.2 Å². The van der Waals surface area contributed by atoms with E-state index in [1.165, 1.54) is 0 Å². The number of carbonyl (C=O) groups is 1. The van der Waals surface area contributed by atoms with E-state index in [1.807, 2.05) is 26.8 Å². The number of hydrogen-bond donors (Lipinski definition) is 3. The first-order valence-corrected chi connectivity index (χ1v) is 7.98. The zero-order chi connectivity index (χ0) is 16.9. The predicted molar refractivity (Wildman–Crippen MR) is 108 cm³/mol. The van der Waals surface area contributed by atoms with E-state index in [0.29, 0.717) is 44.5 Å². The van der Waals surface area contributed by atoms with E-state index in [-0.39, 0.29) is 29.9 Å². The lowest BCUT2D eigenvalue weighted by atomic mass is 10.3. The molecule has 8 heteroatoms. The minimum Gasteiger partial charge on any atom is -0.380 e. The summed E-state index contributed by atoms with van der Waals surface area (Å²) in [6.07, 6.45) is 2.06. The summed E-state index contributed by atoms with van der Waals surface area (Å²) in [5.41, 5.74) is 1.06. The number of anilines is 1. The van der Waals surface area contributed by atoms with Crippen molar-refractivity contribution in [3.05, 3.63) is 23.9 Å². The topological polar surface area (TPSA) is 87.6 Å². The molecule has 24 heavy (non-hydrogen) atoms. The minimum atomic E-state index is -0.0842. The molecule has 0 bridgehead atoms. The van der Waals surface area contributed by atoms with Crippen LogP contribution in [0.4, 0.5) is 5.82 Å². The lowest BCUT2D eigenvalue weighted by Crippen LogP contribution is -2.39. The van der Waals surface area contributed by atoms with Crippen LogP contribution in [-0.2, 0) is 9.53 Å². The summed E-state index contributed by atoms with van der Waals surface area (Å²) in [6, 6.07) is 3.70. The van der Waals surface area contributed by atoms with Crippen molar-refractivity contribution in [1.82, 2.24) is 15.6 Å². The molecular formula is C16H28IN5O2. The number of guanidine groups is 1. The molecule has 0 atom stereocenters. The summed E-state index contributed by atoms with van der Waals surface area (Å²) < 4.78 is 5.25. The number of aliphatic imine (C=N–C) groups is 1. The number of rotatable bonds is 9. The Labute approximate surface area is 161 Å². The first kappa shape index (κ1) is 22.6. The SMILES string of the molecule is CCNC(=NCCOCC)NCCC(=O)Nc1ccc(C)cn1.I. The van der Waals surface area contributed by atoms with Crippen molar-refractivity contribution in [3.63, 3.8) is 0 Å². The van der Waals surface area contributed by atoms with E-state index in [9.17, 15) is 4.79 Å². The van der Waals surface area contributed by atoms with Crippen LogP contribution < -0.4 is 16.0 Å². The number of pyridine rings is 1. The van der Waals surface area contributed by atoms with E-state index in [1.54, 1.807) is 12.3 Å². The second kappa shape index (κ2) is 14.0. The van der Waals surface area contributed by atoms with Gasteiger partial charge in [-0.05, 0) is 32.4 Å². The molecular weight excluding hydrogens is 421 g/mol. The second-order valence-corrected chi connectivity index (χ2v) is 4.90. The summed E-state index contributed by atoms with van der Waals surface area (Å²) in [5, 5.41) is 9.02. The van der Waals surface area contributed by atoms with Crippen LogP contribution in [-0.4, -0.2) is 49.7 Å². The van der Waals surface area contributed by atoms with Gasteiger partial charge in [0, 0.05) is 32.3 Å². The van der Waals surface area contributed by atoms with Gasteiger partial charge in [-0.2, -0.15) is 0 Å². The van der Waals surface area contributed by atoms with Crippen LogP contribution in [0.15, 0.2) is 23.3 Å². The molecule has 136 valence electrons. The zero-order valence-electron chi connectivity index (χ0n) is 14.6. The van der Waals surface area contributed by atoms with Crippen molar-refractivity contribution < 1.29 is 9.53 Å². The number of hydrogen-bond acceptors (Lipinski definition) is 4. The van der Waals surface area contributed by atoms with Crippen molar-refractivity contribution in [1.29, 1.82) is 0 Å². The third kappa shape index (κ3) is 10.4. The van der Waals surface area contributed by atoms with Gasteiger partial charge in [-0.1, -0.05) is 6.07 Å². The first-order valence-electron chi connectivity index (χ1n) is 7.98. The Kier molecular flexibility index (Phi) is 13.1. The van der Waals surface area contributed by atoms with Crippen molar-refractivity contribution >= 4 is 41.7 Å². The normalized spacial score (nSPS) is 10.7. The van der Waals surface area contributed by atoms with Gasteiger partial charge in [-0.15, -0.1) is 24.0 Å². The fraction of sp³-hybridized carbons (Fsp3) is 0.562. The molecule has 0 unspecified atom stereocenters. The number of nitrogens with zero attached hydrogens (tertiary/aromatic N) is 2. The summed E-state index contributed by atoms with van der Waals surface area (Å²) >= 11 is 0. The highest BCUT2D eigenvalue weighted by Gasteiger charge is 2.04. The minimum absolute atomic E-state index is 0. The maximum Gasteiger partial charge on any atom is 0.227 e. The number of aryl methyl sites for hydroxylation is 1. The molecule has 0 aliphatic rings. The summed E-state index contributed by atoms with van der Waals surface area (Å²) in [6.45, 7) is 9.03. The van der Waals surface area contributed by atoms with Crippen LogP contribution in [0.25, 0.3) is 0 Å². The molecule has 0 saturated carbocycles. The summed E-state index contributed by atoms with van der Waals surface area (Å²) in [4.78, 5) is 20.4. The molecule has 0 aliphatic heterocycles. The largest absolute Gasteiger partial charge is 0.380 e. The van der Waals surface area contributed by atoms with Gasteiger partial charge in [-0.25, -0.2) is 4.98 Å².